The Morgan fingerprint density at radius 3 is 2.67 bits per heavy atom. The minimum atomic E-state index is -0.386. The summed E-state index contributed by atoms with van der Waals surface area (Å²) >= 11 is 3.39. The summed E-state index contributed by atoms with van der Waals surface area (Å²) in [5, 5.41) is 9.63. The highest BCUT2D eigenvalue weighted by atomic mass is 79.9. The van der Waals surface area contributed by atoms with Gasteiger partial charge in [-0.2, -0.15) is 5.26 Å². The van der Waals surface area contributed by atoms with E-state index in [2.05, 4.69) is 15.9 Å². The number of halogens is 2. The number of alkyl halides is 1. The third-order valence-electron chi connectivity index (χ3n) is 2.98. The Morgan fingerprint density at radius 1 is 1.19 bits per heavy atom. The monoisotopic (exact) mass is 349 g/mol. The molecule has 0 aromatic heterocycles. The van der Waals surface area contributed by atoms with Gasteiger partial charge in [0.2, 0.25) is 0 Å². The second-order valence-electron chi connectivity index (χ2n) is 4.31. The van der Waals surface area contributed by atoms with Crippen molar-refractivity contribution in [1.82, 2.24) is 0 Å². The number of hydrogen-bond donors (Lipinski definition) is 0. The second-order valence-corrected chi connectivity index (χ2v) is 4.87. The van der Waals surface area contributed by atoms with Crippen LogP contribution in [0.4, 0.5) is 4.39 Å². The highest BCUT2D eigenvalue weighted by Crippen LogP contribution is 2.27. The van der Waals surface area contributed by atoms with Crippen molar-refractivity contribution in [2.24, 2.45) is 0 Å². The minimum absolute atomic E-state index is 0.132. The maximum Gasteiger partial charge on any atom is 0.124 e. The molecule has 0 heterocycles. The van der Waals surface area contributed by atoms with Gasteiger partial charge in [-0.3, -0.25) is 0 Å². The van der Waals surface area contributed by atoms with E-state index in [-0.39, 0.29) is 12.4 Å². The predicted octanol–water partition coefficient (Wildman–Crippen LogP) is 4.18. The Bertz CT molecular complexity index is 682. The van der Waals surface area contributed by atoms with E-state index < -0.39 is 0 Å². The van der Waals surface area contributed by atoms with Crippen LogP contribution in [-0.4, -0.2) is 7.11 Å². The Hall–Kier alpha value is -2.06. The Kier molecular flexibility index (Phi) is 5.18. The molecule has 0 N–H and O–H groups in total. The van der Waals surface area contributed by atoms with Gasteiger partial charge in [0, 0.05) is 16.5 Å². The molecule has 0 bridgehead atoms. The zero-order valence-corrected chi connectivity index (χ0v) is 13.0. The summed E-state index contributed by atoms with van der Waals surface area (Å²) < 4.78 is 24.1. The van der Waals surface area contributed by atoms with Crippen LogP contribution in [0.5, 0.6) is 11.5 Å². The van der Waals surface area contributed by atoms with E-state index in [0.717, 1.165) is 11.3 Å². The van der Waals surface area contributed by atoms with Gasteiger partial charge in [-0.25, -0.2) is 4.39 Å². The Labute approximate surface area is 131 Å². The van der Waals surface area contributed by atoms with Crippen LogP contribution in [0.2, 0.25) is 0 Å². The molecule has 0 aliphatic rings. The van der Waals surface area contributed by atoms with Gasteiger partial charge in [-0.1, -0.05) is 15.9 Å². The fourth-order valence-corrected chi connectivity index (χ4v) is 2.31. The molecule has 0 saturated heterocycles. The smallest absolute Gasteiger partial charge is 0.124 e. The van der Waals surface area contributed by atoms with Crippen LogP contribution in [0.1, 0.15) is 16.7 Å². The lowest BCUT2D eigenvalue weighted by Gasteiger charge is -2.12. The summed E-state index contributed by atoms with van der Waals surface area (Å²) in [6.07, 6.45) is 0. The molecule has 0 amide bonds. The summed E-state index contributed by atoms with van der Waals surface area (Å²) in [6, 6.07) is 11.5. The van der Waals surface area contributed by atoms with Crippen molar-refractivity contribution in [2.45, 2.75) is 11.9 Å². The normalized spacial score (nSPS) is 10.0. The van der Waals surface area contributed by atoms with Gasteiger partial charge >= 0.3 is 0 Å². The molecule has 0 atom stereocenters. The first-order chi connectivity index (χ1) is 10.2. The third kappa shape index (κ3) is 3.73. The third-order valence-corrected chi connectivity index (χ3v) is 3.59. The zero-order valence-electron chi connectivity index (χ0n) is 11.4. The van der Waals surface area contributed by atoms with Crippen LogP contribution >= 0.6 is 15.9 Å². The van der Waals surface area contributed by atoms with Gasteiger partial charge in [0.05, 0.1) is 18.7 Å². The fraction of sp³-hybridized carbons (Fsp3) is 0.188. The van der Waals surface area contributed by atoms with Crippen LogP contribution in [-0.2, 0) is 11.9 Å². The van der Waals surface area contributed by atoms with Crippen molar-refractivity contribution in [1.29, 1.82) is 5.26 Å². The van der Waals surface area contributed by atoms with Gasteiger partial charge in [0.15, 0.2) is 0 Å². The van der Waals surface area contributed by atoms with Crippen LogP contribution in [0, 0.1) is 17.1 Å². The second kappa shape index (κ2) is 7.09. The SMILES string of the molecule is COc1ccc(OCc2cc(F)ccc2C#N)c(CBr)c1. The summed E-state index contributed by atoms with van der Waals surface area (Å²) in [6.45, 7) is 0.132. The first kappa shape index (κ1) is 15.3. The van der Waals surface area contributed by atoms with Crippen LogP contribution < -0.4 is 9.47 Å². The molecule has 5 heteroatoms. The van der Waals surface area contributed by atoms with Gasteiger partial charge in [0.25, 0.3) is 0 Å². The molecule has 0 aliphatic heterocycles. The van der Waals surface area contributed by atoms with Crippen LogP contribution in [0.3, 0.4) is 0 Å². The lowest BCUT2D eigenvalue weighted by Crippen LogP contribution is -2.01. The van der Waals surface area contributed by atoms with Crippen molar-refractivity contribution in [3.63, 3.8) is 0 Å². The molecule has 2 aromatic carbocycles. The predicted molar refractivity (Wildman–Crippen MR) is 81.1 cm³/mol. The van der Waals surface area contributed by atoms with E-state index in [1.54, 1.807) is 19.2 Å². The molecule has 0 spiro atoms. The first-order valence-electron chi connectivity index (χ1n) is 6.22. The van der Waals surface area contributed by atoms with Gasteiger partial charge in [-0.15, -0.1) is 0 Å². The zero-order chi connectivity index (χ0) is 15.2. The van der Waals surface area contributed by atoms with E-state index in [4.69, 9.17) is 14.7 Å². The summed E-state index contributed by atoms with van der Waals surface area (Å²) in [5.41, 5.74) is 1.85. The number of rotatable bonds is 5. The number of ether oxygens (including phenoxy) is 2. The van der Waals surface area contributed by atoms with E-state index in [9.17, 15) is 4.39 Å². The summed E-state index contributed by atoms with van der Waals surface area (Å²) in [5.74, 6) is 1.02. The number of hydrogen-bond acceptors (Lipinski definition) is 3. The van der Waals surface area contributed by atoms with Crippen molar-refractivity contribution in [3.05, 3.63) is 58.9 Å². The van der Waals surface area contributed by atoms with Crippen LogP contribution in [0.15, 0.2) is 36.4 Å². The molecule has 0 fully saturated rings. The topological polar surface area (TPSA) is 42.2 Å². The summed E-state index contributed by atoms with van der Waals surface area (Å²) in [4.78, 5) is 0. The molecule has 21 heavy (non-hydrogen) atoms. The van der Waals surface area contributed by atoms with E-state index in [1.165, 1.54) is 18.2 Å². The number of benzene rings is 2. The maximum atomic E-state index is 13.3. The molecular weight excluding hydrogens is 337 g/mol. The Morgan fingerprint density at radius 2 is 2.00 bits per heavy atom. The van der Waals surface area contributed by atoms with E-state index in [1.807, 2.05) is 12.1 Å². The Balaban J connectivity index is 2.20. The van der Waals surface area contributed by atoms with Gasteiger partial charge < -0.3 is 9.47 Å². The minimum Gasteiger partial charge on any atom is -0.497 e. The van der Waals surface area contributed by atoms with Crippen molar-refractivity contribution in [3.8, 4) is 17.6 Å². The van der Waals surface area contributed by atoms with Crippen molar-refractivity contribution < 1.29 is 13.9 Å². The van der Waals surface area contributed by atoms with Crippen molar-refractivity contribution in [2.75, 3.05) is 7.11 Å². The average molecular weight is 350 g/mol. The van der Waals surface area contributed by atoms with Gasteiger partial charge in [-0.05, 0) is 36.4 Å². The quantitative estimate of drug-likeness (QED) is 0.760. The standard InChI is InChI=1S/C16H13BrFNO2/c1-20-15-4-5-16(12(7-15)8-17)21-10-13-6-14(18)3-2-11(13)9-19/h2-7H,8,10H2,1H3. The maximum absolute atomic E-state index is 13.3. The molecule has 0 saturated carbocycles. The van der Waals surface area contributed by atoms with Crippen LogP contribution in [0.25, 0.3) is 0 Å². The van der Waals surface area contributed by atoms with E-state index in [0.29, 0.717) is 22.2 Å². The molecule has 2 rings (SSSR count). The number of methoxy groups -OCH3 is 1. The molecule has 3 nitrogen and oxygen atoms in total. The van der Waals surface area contributed by atoms with Crippen molar-refractivity contribution >= 4 is 15.9 Å². The highest BCUT2D eigenvalue weighted by Gasteiger charge is 2.08. The molecule has 0 unspecified atom stereocenters. The highest BCUT2D eigenvalue weighted by molar-refractivity contribution is 9.08. The number of nitrogens with zero attached hydrogens (tertiary/aromatic N) is 1. The average Bonchev–Trinajstić information content (AvgIpc) is 2.52. The largest absolute Gasteiger partial charge is 0.497 e. The first-order valence-corrected chi connectivity index (χ1v) is 7.34. The lowest BCUT2D eigenvalue weighted by molar-refractivity contribution is 0.302. The molecule has 108 valence electrons. The van der Waals surface area contributed by atoms with Gasteiger partial charge in [0.1, 0.15) is 23.9 Å². The molecule has 0 radical (unpaired) electrons. The lowest BCUT2D eigenvalue weighted by atomic mass is 10.1. The van der Waals surface area contributed by atoms with E-state index >= 15 is 0 Å². The molecular formula is C16H13BrFNO2. The molecule has 0 aliphatic carbocycles. The summed E-state index contributed by atoms with van der Waals surface area (Å²) in [7, 11) is 1.60. The number of nitriles is 1. The molecule has 2 aromatic rings. The fourth-order valence-electron chi connectivity index (χ4n) is 1.87.